The van der Waals surface area contributed by atoms with E-state index in [0.717, 1.165) is 47.4 Å². The second kappa shape index (κ2) is 38.2. The van der Waals surface area contributed by atoms with E-state index in [2.05, 4.69) is 63.5 Å². The van der Waals surface area contributed by atoms with Crippen molar-refractivity contribution in [3.63, 3.8) is 0 Å². The van der Waals surface area contributed by atoms with Crippen molar-refractivity contribution < 1.29 is 84.7 Å². The van der Waals surface area contributed by atoms with Crippen LogP contribution in [-0.4, -0.2) is 175 Å². The molecule has 0 radical (unpaired) electrons. The number of alkyl halides is 3. The molecule has 5 amide bonds. The van der Waals surface area contributed by atoms with Crippen LogP contribution in [-0.2, 0) is 50.0 Å². The number of para-hydroxylation sites is 2. The van der Waals surface area contributed by atoms with Crippen molar-refractivity contribution in [2.45, 2.75) is 84.1 Å². The number of anilines is 1. The Bertz CT molecular complexity index is 4450. The number of quaternary nitrogens is 1. The number of rotatable bonds is 33. The van der Waals surface area contributed by atoms with Gasteiger partial charge in [-0.15, -0.1) is 11.3 Å². The molecule has 3 aromatic heterocycles. The summed E-state index contributed by atoms with van der Waals surface area (Å²) in [5.41, 5.74) is 20.9. The lowest BCUT2D eigenvalue weighted by Gasteiger charge is -2.42. The highest BCUT2D eigenvalue weighted by Crippen LogP contribution is 2.50. The summed E-state index contributed by atoms with van der Waals surface area (Å²) in [6, 6.07) is 29.0. The number of piperazine rings is 1. The Labute approximate surface area is 616 Å². The van der Waals surface area contributed by atoms with Crippen LogP contribution in [0.5, 0.6) is 23.1 Å². The van der Waals surface area contributed by atoms with E-state index in [1.807, 2.05) is 62.5 Å². The molecule has 106 heavy (non-hydrogen) atoms. The average Bonchev–Trinajstić information content (AvgIpc) is 1.58. The molecule has 4 heterocycles. The van der Waals surface area contributed by atoms with Crippen LogP contribution >= 0.6 is 22.9 Å². The number of fused-ring (bicyclic) bond motifs is 1. The maximum Gasteiger partial charge on any atom is 0.430 e. The van der Waals surface area contributed by atoms with E-state index in [0.29, 0.717) is 115 Å². The highest BCUT2D eigenvalue weighted by molar-refractivity contribution is 7.22. The first-order chi connectivity index (χ1) is 50.7. The number of alkyl carbamates (subject to hydrolysis) is 1. The fourth-order valence-electron chi connectivity index (χ4n) is 11.5. The van der Waals surface area contributed by atoms with Crippen LogP contribution in [0.15, 0.2) is 127 Å². The number of nitrogens with two attached hydrogens (primary N) is 1. The molecule has 3 atom stereocenters. The Balaban J connectivity index is 0.00000193. The summed E-state index contributed by atoms with van der Waals surface area (Å²) in [7, 11) is 5.65. The highest BCUT2D eigenvalue weighted by Gasteiger charge is 2.34. The Kier molecular flexibility index (Phi) is 29.1. The van der Waals surface area contributed by atoms with Gasteiger partial charge in [0.15, 0.2) is 5.82 Å². The lowest BCUT2D eigenvalue weighted by Crippen LogP contribution is -2.57. The number of benzene rings is 5. The minimum absolute atomic E-state index is 0.0254. The summed E-state index contributed by atoms with van der Waals surface area (Å²) in [5.74, 6) is -4.19. The van der Waals surface area contributed by atoms with E-state index in [1.165, 1.54) is 29.8 Å². The Morgan fingerprint density at radius 1 is 0.877 bits per heavy atom. The number of urea groups is 1. The number of aliphatic carboxylic acids is 2. The lowest BCUT2D eigenvalue weighted by molar-refractivity contribution is -0.926. The van der Waals surface area contributed by atoms with Crippen molar-refractivity contribution in [1.82, 2.24) is 46.1 Å². The largest absolute Gasteiger partial charge is 0.542 e. The number of carbonyl (C=O) groups is 6. The molecule has 1 aliphatic rings. The molecule has 0 unspecified atom stereocenters. The number of nitrogens with one attached hydrogen (secondary N) is 5. The first-order valence-electron chi connectivity index (χ1n) is 33.4. The Morgan fingerprint density at radius 2 is 1.59 bits per heavy atom. The van der Waals surface area contributed by atoms with Crippen LogP contribution in [0.2, 0.25) is 5.02 Å². The fraction of sp³-hybridized carbons (Fsp3) is 0.361. The number of carboxylic acids is 2. The van der Waals surface area contributed by atoms with Gasteiger partial charge < -0.3 is 75.5 Å². The van der Waals surface area contributed by atoms with Crippen molar-refractivity contribution >= 4 is 74.7 Å². The van der Waals surface area contributed by atoms with E-state index in [9.17, 15) is 46.6 Å². The van der Waals surface area contributed by atoms with E-state index in [4.69, 9.17) is 61.4 Å². The third-order valence-corrected chi connectivity index (χ3v) is 18.7. The number of hydrogen-bond acceptors (Lipinski definition) is 20. The smallest absolute Gasteiger partial charge is 0.430 e. The number of carbonyl (C=O) groups excluding carboxylic acids is 5. The zero-order valence-corrected chi connectivity index (χ0v) is 60.3. The second-order valence-electron chi connectivity index (χ2n) is 25.0. The number of ether oxygens (including phenoxy) is 5. The maximum absolute atomic E-state index is 14.5. The van der Waals surface area contributed by atoms with Gasteiger partial charge in [0, 0.05) is 71.9 Å². The Morgan fingerprint density at radius 3 is 2.27 bits per heavy atom. The normalized spacial score (nSPS) is 13.5. The summed E-state index contributed by atoms with van der Waals surface area (Å²) in [6.07, 6.45) is -4.25. The van der Waals surface area contributed by atoms with Gasteiger partial charge >= 0.3 is 24.3 Å². The van der Waals surface area contributed by atoms with Gasteiger partial charge in [-0.25, -0.2) is 38.7 Å². The van der Waals surface area contributed by atoms with Crippen LogP contribution < -0.4 is 56.4 Å². The number of amides is 5. The molecule has 0 spiro atoms. The van der Waals surface area contributed by atoms with E-state index < -0.39 is 72.0 Å². The van der Waals surface area contributed by atoms with Crippen LogP contribution in [0.4, 0.5) is 32.8 Å². The van der Waals surface area contributed by atoms with Crippen molar-refractivity contribution in [3.05, 3.63) is 171 Å². The molecular weight excluding hydrogens is 1430 g/mol. The second-order valence-corrected chi connectivity index (χ2v) is 26.4. The molecule has 0 saturated carbocycles. The number of methoxy groups -OCH3 is 1. The number of likely N-dealkylation sites (N-methyl/N-ethyl adjacent to an activating group) is 1. The summed E-state index contributed by atoms with van der Waals surface area (Å²) in [6.45, 7) is 10.7. The molecule has 8 N–H and O–H groups in total. The number of halogens is 5. The van der Waals surface area contributed by atoms with E-state index >= 15 is 0 Å². The molecule has 9 rings (SSSR count). The monoisotopic (exact) mass is 1510 g/mol. The zero-order valence-electron chi connectivity index (χ0n) is 58.7. The topological polar surface area (TPSA) is 382 Å². The van der Waals surface area contributed by atoms with Crippen LogP contribution in [0, 0.1) is 18.7 Å². The molecule has 1 aliphatic heterocycles. The van der Waals surface area contributed by atoms with Gasteiger partial charge in [-0.1, -0.05) is 85.2 Å². The fourth-order valence-corrected chi connectivity index (χ4v) is 12.9. The molecule has 0 aliphatic carbocycles. The lowest BCUT2D eigenvalue weighted by atomic mass is 9.96. The number of thiophene rings is 1. The van der Waals surface area contributed by atoms with Crippen LogP contribution in [0.25, 0.3) is 53.6 Å². The first-order valence-corrected chi connectivity index (χ1v) is 34.6. The predicted octanol–water partition coefficient (Wildman–Crippen LogP) is 9.54. The molecule has 1 saturated heterocycles. The van der Waals surface area contributed by atoms with Crippen LogP contribution in [0.3, 0.4) is 0 Å². The molecular formula is C72H80ClF4N15O13S. The van der Waals surface area contributed by atoms with Gasteiger partial charge in [0.1, 0.15) is 72.0 Å². The number of hydrogen-bond donors (Lipinski definition) is 7. The van der Waals surface area contributed by atoms with Gasteiger partial charge in [-0.2, -0.15) is 13.2 Å². The van der Waals surface area contributed by atoms with E-state index in [1.54, 1.807) is 75.7 Å². The van der Waals surface area contributed by atoms with Gasteiger partial charge in [0.05, 0.1) is 62.1 Å². The average molecular weight is 1510 g/mol. The number of primary amides is 1. The van der Waals surface area contributed by atoms with Crippen molar-refractivity contribution in [1.29, 1.82) is 0 Å². The predicted molar refractivity (Wildman–Crippen MR) is 385 cm³/mol. The molecule has 1 fully saturated rings. The van der Waals surface area contributed by atoms with Crippen LogP contribution in [0.1, 0.15) is 54.6 Å². The quantitative estimate of drug-likeness (QED) is 0.00502. The zero-order chi connectivity index (χ0) is 76.7. The molecule has 28 nitrogen and oxygen atoms in total. The van der Waals surface area contributed by atoms with Gasteiger partial charge in [0.25, 0.3) is 0 Å². The number of nitrogens with zero attached hydrogens (tertiary/aromatic N) is 9. The van der Waals surface area contributed by atoms with Crippen molar-refractivity contribution in [2.24, 2.45) is 16.8 Å². The third kappa shape index (κ3) is 22.5. The standard InChI is InChI=1S/C70H79ClFN15O11S.C2HF3O2/c1-42(2)61(84-70(93)96-34-28-80-85-74)65(89)83-53(14-11-26-77-69(73)92)64(88)82-49-22-19-46(47(36-49)38-75-4)39-87(5)32-29-86(30-33-87)31-35-95-56-24-23-51(43(3)60(56)71)58-59-66(78-41-79-67(59)99-62(58)44-17-20-48(72)21-18-44)98-57(68(90)91)37-45-12-7-9-15-54(45)97-40-50-25-27-76-63(81-50)52-13-8-10-16-55(52)94-6;3-2(4,5)1(6)7/h7-10,12-13,15-25,27,36,41-42,53,57,61,75H,11,14,26,28-35,37-40H2,1-6H3,(H6-,73,77,82,83,84,88,89,90,91,92,93);(H,6,7)/t53-,57+,61-;/m0./s1. The molecule has 5 aromatic carbocycles. The number of aromatic nitrogens is 4. The van der Waals surface area contributed by atoms with Gasteiger partial charge in [-0.05, 0) is 121 Å². The number of azide groups is 1. The summed E-state index contributed by atoms with van der Waals surface area (Å²) in [4.78, 5) is 98.2. The summed E-state index contributed by atoms with van der Waals surface area (Å²) < 4.78 is 76.6. The van der Waals surface area contributed by atoms with E-state index in [-0.39, 0.29) is 45.0 Å². The summed E-state index contributed by atoms with van der Waals surface area (Å²) >= 11 is 8.59. The molecule has 562 valence electrons. The molecule has 8 aromatic rings. The van der Waals surface area contributed by atoms with Gasteiger partial charge in [0.2, 0.25) is 23.8 Å². The van der Waals surface area contributed by atoms with Crippen molar-refractivity contribution in [3.8, 4) is 56.1 Å². The minimum Gasteiger partial charge on any atom is -0.542 e. The highest BCUT2D eigenvalue weighted by atomic mass is 35.5. The first kappa shape index (κ1) is 80.7. The van der Waals surface area contributed by atoms with Crippen molar-refractivity contribution in [2.75, 3.05) is 85.5 Å². The SMILES string of the molecule is CNCc1cc(NC(=O)[C@H](CCCNC(N)=O)NC(=O)[C@@H](NC(=O)OCCN=[N+]=[N-])C(C)C)ccc1C[N+]1(C)CCN(CCOc2ccc(-c3c(-c4ccc(F)cc4)sc4ncnc(O[C@H](Cc5ccccc5OCc5ccnc(-c6ccccc6OC)n5)C(=O)O)c34)c(C)c2Cl)CC1.O=C([O-])C(F)(F)F. The number of carboxylic acid groups (broad SMARTS) is 2. The maximum atomic E-state index is 14.5. The molecule has 0 bridgehead atoms. The summed E-state index contributed by atoms with van der Waals surface area (Å²) in [5, 5.41) is 37.7. The molecule has 34 heteroatoms. The third-order valence-electron chi connectivity index (χ3n) is 17.0. The van der Waals surface area contributed by atoms with Gasteiger partial charge in [-0.3, -0.25) is 14.5 Å². The minimum atomic E-state index is -5.19. The Hall–Kier alpha value is -11.0.